The van der Waals surface area contributed by atoms with Crippen molar-refractivity contribution in [1.82, 2.24) is 24.8 Å². The molecule has 2 fully saturated rings. The lowest BCUT2D eigenvalue weighted by Gasteiger charge is -2.36. The molecule has 0 bridgehead atoms. The third-order valence-corrected chi connectivity index (χ3v) is 5.29. The van der Waals surface area contributed by atoms with Crippen LogP contribution in [0.1, 0.15) is 35.2 Å². The van der Waals surface area contributed by atoms with Gasteiger partial charge in [0.2, 0.25) is 5.95 Å². The third kappa shape index (κ3) is 4.14. The number of amides is 1. The number of likely N-dealkylation sites (tertiary alicyclic amines) is 1. The lowest BCUT2D eigenvalue weighted by Crippen LogP contribution is -2.50. The normalized spacial score (nSPS) is 23.5. The first-order valence-electron chi connectivity index (χ1n) is 9.17. The lowest BCUT2D eigenvalue weighted by atomic mass is 9.95. The van der Waals surface area contributed by atoms with Gasteiger partial charge in [0, 0.05) is 43.4 Å². The highest BCUT2D eigenvalue weighted by molar-refractivity contribution is 5.93. The lowest BCUT2D eigenvalue weighted by molar-refractivity contribution is -0.193. The molecule has 2 aromatic rings. The van der Waals surface area contributed by atoms with Crippen LogP contribution in [-0.2, 0) is 5.54 Å². The van der Waals surface area contributed by atoms with Crippen molar-refractivity contribution in [3.63, 3.8) is 0 Å². The molecule has 2 N–H and O–H groups in total. The van der Waals surface area contributed by atoms with Gasteiger partial charge < -0.3 is 15.3 Å². The van der Waals surface area contributed by atoms with Crippen molar-refractivity contribution in [1.29, 1.82) is 0 Å². The summed E-state index contributed by atoms with van der Waals surface area (Å²) in [6.45, 7) is -0.640. The number of piperidine rings is 1. The zero-order valence-electron chi connectivity index (χ0n) is 15.3. The van der Waals surface area contributed by atoms with Crippen LogP contribution in [0.4, 0.5) is 19.1 Å². The molecular formula is C18H19F3N6O2. The van der Waals surface area contributed by atoms with Gasteiger partial charge in [-0.15, -0.1) is 0 Å². The number of rotatable bonds is 4. The molecule has 1 saturated carbocycles. The fourth-order valence-corrected chi connectivity index (χ4v) is 3.53. The number of aliphatic hydroxyl groups excluding tert-OH is 1. The SMILES string of the molecule is O=C(c1cnc(NC2(c3cncnc3)CC2)nc1)N1C[C@H](O)C[C@H](C(F)(F)F)C1. The second-order valence-corrected chi connectivity index (χ2v) is 7.47. The smallest absolute Gasteiger partial charge is 0.391 e. The van der Waals surface area contributed by atoms with Gasteiger partial charge in [-0.1, -0.05) is 0 Å². The molecule has 1 aliphatic heterocycles. The molecule has 0 spiro atoms. The maximum Gasteiger partial charge on any atom is 0.393 e. The molecule has 1 amide bonds. The third-order valence-electron chi connectivity index (χ3n) is 5.29. The van der Waals surface area contributed by atoms with Crippen molar-refractivity contribution >= 4 is 11.9 Å². The van der Waals surface area contributed by atoms with Crippen molar-refractivity contribution in [3.05, 3.63) is 42.2 Å². The molecule has 3 heterocycles. The van der Waals surface area contributed by atoms with Gasteiger partial charge in [-0.2, -0.15) is 13.2 Å². The number of carbonyl (C=O) groups excluding carboxylic acids is 1. The molecule has 8 nitrogen and oxygen atoms in total. The number of nitrogens with one attached hydrogen (secondary N) is 1. The number of β-amino-alcohol motifs (C(OH)–C–C–N with tert-alkyl or cyclic N) is 1. The molecule has 0 unspecified atom stereocenters. The molecule has 4 rings (SSSR count). The molecule has 1 saturated heterocycles. The number of halogens is 3. The minimum atomic E-state index is -4.47. The molecule has 2 aromatic heterocycles. The zero-order chi connectivity index (χ0) is 20.6. The largest absolute Gasteiger partial charge is 0.393 e. The summed E-state index contributed by atoms with van der Waals surface area (Å²) >= 11 is 0. The van der Waals surface area contributed by atoms with E-state index in [1.807, 2.05) is 0 Å². The number of hydrogen-bond donors (Lipinski definition) is 2. The number of alkyl halides is 3. The van der Waals surface area contributed by atoms with Crippen molar-refractivity contribution in [2.75, 3.05) is 18.4 Å². The monoisotopic (exact) mass is 408 g/mol. The minimum absolute atomic E-state index is 0.0680. The average Bonchev–Trinajstić information content (AvgIpc) is 3.48. The first kappa shape index (κ1) is 19.5. The highest BCUT2D eigenvalue weighted by Crippen LogP contribution is 2.47. The number of anilines is 1. The van der Waals surface area contributed by atoms with Gasteiger partial charge in [-0.25, -0.2) is 19.9 Å². The molecule has 0 radical (unpaired) electrons. The van der Waals surface area contributed by atoms with E-state index in [1.54, 1.807) is 12.4 Å². The molecule has 154 valence electrons. The Bertz CT molecular complexity index is 873. The van der Waals surface area contributed by atoms with E-state index in [1.165, 1.54) is 18.7 Å². The van der Waals surface area contributed by atoms with Crippen molar-refractivity contribution < 1.29 is 23.1 Å². The summed E-state index contributed by atoms with van der Waals surface area (Å²) in [6.07, 6.45) is 3.04. The first-order chi connectivity index (χ1) is 13.8. The van der Waals surface area contributed by atoms with Gasteiger partial charge in [0.15, 0.2) is 0 Å². The summed E-state index contributed by atoms with van der Waals surface area (Å²) < 4.78 is 39.1. The Morgan fingerprint density at radius 2 is 1.79 bits per heavy atom. The molecule has 2 atom stereocenters. The highest BCUT2D eigenvalue weighted by atomic mass is 19.4. The van der Waals surface area contributed by atoms with E-state index in [2.05, 4.69) is 25.3 Å². The maximum atomic E-state index is 13.0. The Morgan fingerprint density at radius 1 is 1.14 bits per heavy atom. The number of carbonyl (C=O) groups is 1. The highest BCUT2D eigenvalue weighted by Gasteiger charge is 2.46. The topological polar surface area (TPSA) is 104 Å². The molecule has 11 heteroatoms. The Balaban J connectivity index is 1.44. The fourth-order valence-electron chi connectivity index (χ4n) is 3.53. The van der Waals surface area contributed by atoms with E-state index in [0.29, 0.717) is 5.95 Å². The van der Waals surface area contributed by atoms with Crippen molar-refractivity contribution in [2.24, 2.45) is 5.92 Å². The maximum absolute atomic E-state index is 13.0. The van der Waals surface area contributed by atoms with Gasteiger partial charge in [0.25, 0.3) is 5.91 Å². The minimum Gasteiger partial charge on any atom is -0.391 e. The van der Waals surface area contributed by atoms with Crippen LogP contribution < -0.4 is 5.32 Å². The van der Waals surface area contributed by atoms with E-state index < -0.39 is 37.1 Å². The quantitative estimate of drug-likeness (QED) is 0.794. The fraction of sp³-hybridized carbons (Fsp3) is 0.500. The predicted molar refractivity (Wildman–Crippen MR) is 94.7 cm³/mol. The van der Waals surface area contributed by atoms with Crippen LogP contribution in [0.25, 0.3) is 0 Å². The van der Waals surface area contributed by atoms with Gasteiger partial charge in [-0.05, 0) is 19.3 Å². The second kappa shape index (κ2) is 7.21. The summed E-state index contributed by atoms with van der Waals surface area (Å²) in [5, 5.41) is 13.0. The van der Waals surface area contributed by atoms with Crippen molar-refractivity contribution in [2.45, 2.75) is 37.1 Å². The van der Waals surface area contributed by atoms with E-state index in [-0.39, 0.29) is 17.6 Å². The van der Waals surface area contributed by atoms with Gasteiger partial charge >= 0.3 is 6.18 Å². The van der Waals surface area contributed by atoms with E-state index in [9.17, 15) is 23.1 Å². The Hall–Kier alpha value is -2.82. The van der Waals surface area contributed by atoms with Crippen LogP contribution in [0.5, 0.6) is 0 Å². The van der Waals surface area contributed by atoms with Gasteiger partial charge in [0.1, 0.15) is 6.33 Å². The number of nitrogens with zero attached hydrogens (tertiary/aromatic N) is 5. The van der Waals surface area contributed by atoms with Crippen LogP contribution in [-0.4, -0.2) is 61.2 Å². The van der Waals surface area contributed by atoms with Gasteiger partial charge in [0.05, 0.1) is 23.1 Å². The first-order valence-corrected chi connectivity index (χ1v) is 9.17. The van der Waals surface area contributed by atoms with Crippen LogP contribution in [0.15, 0.2) is 31.1 Å². The van der Waals surface area contributed by atoms with E-state index in [4.69, 9.17) is 0 Å². The van der Waals surface area contributed by atoms with Crippen molar-refractivity contribution in [3.8, 4) is 0 Å². The molecular weight excluding hydrogens is 389 g/mol. The summed E-state index contributed by atoms with van der Waals surface area (Å²) in [6, 6.07) is 0. The number of aromatic nitrogens is 4. The van der Waals surface area contributed by atoms with E-state index >= 15 is 0 Å². The molecule has 0 aromatic carbocycles. The summed E-state index contributed by atoms with van der Waals surface area (Å²) in [4.78, 5) is 29.9. The molecule has 1 aliphatic carbocycles. The molecule has 2 aliphatic rings. The summed E-state index contributed by atoms with van der Waals surface area (Å²) in [5.74, 6) is -2.09. The van der Waals surface area contributed by atoms with Gasteiger partial charge in [-0.3, -0.25) is 4.79 Å². The van der Waals surface area contributed by atoms with Crippen LogP contribution in [0.2, 0.25) is 0 Å². The number of hydrogen-bond acceptors (Lipinski definition) is 7. The van der Waals surface area contributed by atoms with Crippen LogP contribution in [0.3, 0.4) is 0 Å². The Kier molecular flexibility index (Phi) is 4.85. The van der Waals surface area contributed by atoms with Crippen LogP contribution in [0, 0.1) is 5.92 Å². The Labute approximate surface area is 164 Å². The second-order valence-electron chi connectivity index (χ2n) is 7.47. The van der Waals surface area contributed by atoms with E-state index in [0.717, 1.165) is 23.3 Å². The zero-order valence-corrected chi connectivity index (χ0v) is 15.3. The average molecular weight is 408 g/mol. The Morgan fingerprint density at radius 3 is 2.38 bits per heavy atom. The number of aliphatic hydroxyl groups is 1. The summed E-state index contributed by atoms with van der Waals surface area (Å²) in [7, 11) is 0. The standard InChI is InChI=1S/C18H19F3N6O2/c19-18(20,21)12-3-14(28)9-27(8-12)15(29)11-4-24-16(25-5-11)26-17(1-2-17)13-6-22-10-23-7-13/h4-7,10,12,14,28H,1-3,8-9H2,(H,24,25,26)/t12-,14+/m0/s1. The predicted octanol–water partition coefficient (Wildman–Crippen LogP) is 1.75. The molecule has 29 heavy (non-hydrogen) atoms. The van der Waals surface area contributed by atoms with Crippen LogP contribution >= 0.6 is 0 Å². The summed E-state index contributed by atoms with van der Waals surface area (Å²) in [5.41, 5.74) is 0.631.